The Hall–Kier alpha value is -1.55. The van der Waals surface area contributed by atoms with Gasteiger partial charge in [0.05, 0.1) is 11.0 Å². The van der Waals surface area contributed by atoms with E-state index >= 15 is 0 Å². The number of aromatic nitrogens is 2. The third kappa shape index (κ3) is 2.18. The lowest BCUT2D eigenvalue weighted by Crippen LogP contribution is -2.26. The van der Waals surface area contributed by atoms with Crippen LogP contribution >= 0.6 is 0 Å². The third-order valence-corrected chi connectivity index (χ3v) is 4.75. The van der Waals surface area contributed by atoms with E-state index < -0.39 is 0 Å². The van der Waals surface area contributed by atoms with Gasteiger partial charge in [0.1, 0.15) is 0 Å². The van der Waals surface area contributed by atoms with Gasteiger partial charge < -0.3 is 10.3 Å². The molecule has 0 radical (unpaired) electrons. The number of H-pyrrole nitrogens is 1. The van der Waals surface area contributed by atoms with Gasteiger partial charge in [-0.1, -0.05) is 6.07 Å². The Morgan fingerprint density at radius 1 is 1.15 bits per heavy atom. The van der Waals surface area contributed by atoms with E-state index in [1.165, 1.54) is 31.2 Å². The molecule has 106 valence electrons. The van der Waals surface area contributed by atoms with Crippen LogP contribution in [0.3, 0.4) is 0 Å². The number of hydrogen-bond acceptors (Lipinski definition) is 2. The molecule has 2 fully saturated rings. The SMILES string of the molecule is O=c1[nH]c2ccc(C3CCNCC3)cc2n1CC1CC1. The van der Waals surface area contributed by atoms with Crippen molar-refractivity contribution in [3.8, 4) is 0 Å². The van der Waals surface area contributed by atoms with Crippen molar-refractivity contribution in [3.05, 3.63) is 34.2 Å². The summed E-state index contributed by atoms with van der Waals surface area (Å²) in [6.07, 6.45) is 4.94. The van der Waals surface area contributed by atoms with E-state index in [2.05, 4.69) is 28.5 Å². The summed E-state index contributed by atoms with van der Waals surface area (Å²) in [5.41, 5.74) is 3.52. The lowest BCUT2D eigenvalue weighted by molar-refractivity contribution is 0.460. The van der Waals surface area contributed by atoms with Gasteiger partial charge in [-0.05, 0) is 68.3 Å². The van der Waals surface area contributed by atoms with Crippen molar-refractivity contribution >= 4 is 11.0 Å². The molecular formula is C16H21N3O. The molecule has 0 spiro atoms. The first-order valence-electron chi connectivity index (χ1n) is 7.74. The molecule has 2 heterocycles. The summed E-state index contributed by atoms with van der Waals surface area (Å²) in [6.45, 7) is 3.09. The molecule has 4 nitrogen and oxygen atoms in total. The molecule has 0 bridgehead atoms. The van der Waals surface area contributed by atoms with E-state index in [0.29, 0.717) is 11.8 Å². The zero-order chi connectivity index (χ0) is 13.5. The predicted molar refractivity (Wildman–Crippen MR) is 80.1 cm³/mol. The second-order valence-electron chi connectivity index (χ2n) is 6.28. The molecule has 20 heavy (non-hydrogen) atoms. The Kier molecular flexibility index (Phi) is 2.91. The van der Waals surface area contributed by atoms with E-state index in [4.69, 9.17) is 0 Å². The lowest BCUT2D eigenvalue weighted by atomic mass is 9.90. The van der Waals surface area contributed by atoms with Crippen LogP contribution in [-0.2, 0) is 6.54 Å². The number of rotatable bonds is 3. The van der Waals surface area contributed by atoms with E-state index in [9.17, 15) is 4.79 Å². The number of nitrogens with one attached hydrogen (secondary N) is 2. The maximum Gasteiger partial charge on any atom is 0.326 e. The molecule has 2 aliphatic rings. The van der Waals surface area contributed by atoms with Crippen LogP contribution in [0.1, 0.15) is 37.2 Å². The highest BCUT2D eigenvalue weighted by atomic mass is 16.1. The molecule has 1 aromatic heterocycles. The molecule has 0 amide bonds. The molecule has 4 heteroatoms. The van der Waals surface area contributed by atoms with Crippen molar-refractivity contribution in [1.29, 1.82) is 0 Å². The Bertz CT molecular complexity index is 675. The van der Waals surface area contributed by atoms with Crippen molar-refractivity contribution in [3.63, 3.8) is 0 Å². The van der Waals surface area contributed by atoms with Crippen molar-refractivity contribution < 1.29 is 0 Å². The largest absolute Gasteiger partial charge is 0.326 e. The zero-order valence-corrected chi connectivity index (χ0v) is 11.7. The van der Waals surface area contributed by atoms with Gasteiger partial charge in [0.25, 0.3) is 0 Å². The number of fused-ring (bicyclic) bond motifs is 1. The summed E-state index contributed by atoms with van der Waals surface area (Å²) in [5.74, 6) is 1.36. The molecule has 0 unspecified atom stereocenters. The van der Waals surface area contributed by atoms with E-state index in [0.717, 1.165) is 30.7 Å². The van der Waals surface area contributed by atoms with Crippen molar-refractivity contribution in [1.82, 2.24) is 14.9 Å². The van der Waals surface area contributed by atoms with Crippen LogP contribution < -0.4 is 11.0 Å². The van der Waals surface area contributed by atoms with Gasteiger partial charge in [0.15, 0.2) is 0 Å². The molecular weight excluding hydrogens is 250 g/mol. The summed E-state index contributed by atoms with van der Waals surface area (Å²) >= 11 is 0. The van der Waals surface area contributed by atoms with Crippen molar-refractivity contribution in [2.75, 3.05) is 13.1 Å². The second kappa shape index (κ2) is 4.77. The lowest BCUT2D eigenvalue weighted by Gasteiger charge is -2.23. The Morgan fingerprint density at radius 3 is 2.70 bits per heavy atom. The molecule has 2 N–H and O–H groups in total. The highest BCUT2D eigenvalue weighted by Crippen LogP contribution is 2.32. The smallest absolute Gasteiger partial charge is 0.317 e. The molecule has 1 saturated heterocycles. The minimum atomic E-state index is 0.0503. The molecule has 1 aromatic carbocycles. The number of benzene rings is 1. The highest BCUT2D eigenvalue weighted by Gasteiger charge is 2.24. The van der Waals surface area contributed by atoms with Gasteiger partial charge >= 0.3 is 5.69 Å². The molecule has 0 atom stereocenters. The number of hydrogen-bond donors (Lipinski definition) is 2. The van der Waals surface area contributed by atoms with E-state index in [1.54, 1.807) is 0 Å². The van der Waals surface area contributed by atoms with Crippen LogP contribution in [0.15, 0.2) is 23.0 Å². The van der Waals surface area contributed by atoms with Gasteiger partial charge in [0, 0.05) is 6.54 Å². The minimum Gasteiger partial charge on any atom is -0.317 e. The first kappa shape index (κ1) is 12.2. The first-order valence-corrected chi connectivity index (χ1v) is 7.74. The zero-order valence-electron chi connectivity index (χ0n) is 11.7. The second-order valence-corrected chi connectivity index (χ2v) is 6.28. The maximum absolute atomic E-state index is 12.1. The summed E-state index contributed by atoms with van der Waals surface area (Å²) in [6, 6.07) is 6.51. The van der Waals surface area contributed by atoms with Gasteiger partial charge in [-0.3, -0.25) is 4.57 Å². The van der Waals surface area contributed by atoms with Crippen LogP contribution in [0.25, 0.3) is 11.0 Å². The molecule has 2 aromatic rings. The molecule has 1 saturated carbocycles. The van der Waals surface area contributed by atoms with Gasteiger partial charge in [-0.25, -0.2) is 4.79 Å². The van der Waals surface area contributed by atoms with Crippen LogP contribution in [0, 0.1) is 5.92 Å². The quantitative estimate of drug-likeness (QED) is 0.899. The normalized spacial score (nSPS) is 20.6. The number of piperidine rings is 1. The fourth-order valence-electron chi connectivity index (χ4n) is 3.32. The van der Waals surface area contributed by atoms with Crippen LogP contribution in [0.2, 0.25) is 0 Å². The maximum atomic E-state index is 12.1. The summed E-state index contributed by atoms with van der Waals surface area (Å²) < 4.78 is 1.94. The van der Waals surface area contributed by atoms with Crippen LogP contribution in [0.4, 0.5) is 0 Å². The Balaban J connectivity index is 1.74. The van der Waals surface area contributed by atoms with E-state index in [1.807, 2.05) is 4.57 Å². The van der Waals surface area contributed by atoms with Gasteiger partial charge in [0.2, 0.25) is 0 Å². The number of imidazole rings is 1. The summed E-state index contributed by atoms with van der Waals surface area (Å²) in [4.78, 5) is 15.1. The monoisotopic (exact) mass is 271 g/mol. The average molecular weight is 271 g/mol. The number of nitrogens with zero attached hydrogens (tertiary/aromatic N) is 1. The minimum absolute atomic E-state index is 0.0503. The number of aromatic amines is 1. The van der Waals surface area contributed by atoms with Gasteiger partial charge in [-0.15, -0.1) is 0 Å². The average Bonchev–Trinajstić information content (AvgIpc) is 3.25. The summed E-state index contributed by atoms with van der Waals surface area (Å²) in [5, 5.41) is 3.41. The fourth-order valence-corrected chi connectivity index (χ4v) is 3.32. The Morgan fingerprint density at radius 2 is 1.95 bits per heavy atom. The standard InChI is InChI=1S/C16H21N3O/c20-16-18-14-4-3-13(12-5-7-17-8-6-12)9-15(14)19(16)10-11-1-2-11/h3-4,9,11-12,17H,1-2,5-8,10H2,(H,18,20). The first-order chi connectivity index (χ1) is 9.81. The summed E-state index contributed by atoms with van der Waals surface area (Å²) in [7, 11) is 0. The topological polar surface area (TPSA) is 49.8 Å². The molecule has 4 rings (SSSR count). The van der Waals surface area contributed by atoms with Crippen LogP contribution in [0.5, 0.6) is 0 Å². The van der Waals surface area contributed by atoms with Crippen molar-refractivity contribution in [2.45, 2.75) is 38.1 Å². The van der Waals surface area contributed by atoms with Crippen LogP contribution in [-0.4, -0.2) is 22.6 Å². The van der Waals surface area contributed by atoms with E-state index in [-0.39, 0.29) is 5.69 Å². The molecule has 1 aliphatic carbocycles. The Labute approximate surface area is 118 Å². The highest BCUT2D eigenvalue weighted by molar-refractivity contribution is 5.76. The van der Waals surface area contributed by atoms with Crippen molar-refractivity contribution in [2.24, 2.45) is 5.92 Å². The predicted octanol–water partition coefficient (Wildman–Crippen LogP) is 2.21. The van der Waals surface area contributed by atoms with Gasteiger partial charge in [-0.2, -0.15) is 0 Å². The third-order valence-electron chi connectivity index (χ3n) is 4.75. The molecule has 1 aliphatic heterocycles. The fraction of sp³-hybridized carbons (Fsp3) is 0.562.